The van der Waals surface area contributed by atoms with Gasteiger partial charge in [-0.1, -0.05) is 13.0 Å². The second-order valence-corrected chi connectivity index (χ2v) is 17.8. The molecule has 16 nitrogen and oxygen atoms in total. The van der Waals surface area contributed by atoms with Gasteiger partial charge in [-0.2, -0.15) is 5.26 Å². The van der Waals surface area contributed by atoms with Crippen LogP contribution in [0.25, 0.3) is 10.9 Å². The molecule has 1 atom stereocenters. The van der Waals surface area contributed by atoms with E-state index >= 15 is 4.39 Å². The van der Waals surface area contributed by atoms with Gasteiger partial charge in [0.2, 0.25) is 11.8 Å². The van der Waals surface area contributed by atoms with E-state index in [9.17, 15) is 24.4 Å². The van der Waals surface area contributed by atoms with Crippen LogP contribution in [0.5, 0.6) is 17.2 Å². The molecule has 4 amide bonds. The lowest BCUT2D eigenvalue weighted by atomic mass is 9.87. The lowest BCUT2D eigenvalue weighted by Gasteiger charge is -2.40. The number of hydrogen-bond donors (Lipinski definition) is 2. The number of nitrogens with zero attached hydrogens (tertiary/aromatic N) is 7. The average molecular weight is 900 g/mol. The van der Waals surface area contributed by atoms with Crippen molar-refractivity contribution in [2.45, 2.75) is 63.0 Å². The van der Waals surface area contributed by atoms with E-state index in [1.165, 1.54) is 42.4 Å². The maximum atomic E-state index is 15.1. The standard InChI is InChI=1S/C44H50FN9O7S2/c1-4-50(2)63-49-37-10-8-35(45)41(34(37)24-46)60-31-6-9-36-33(22-31)42(57)54(27-47-36)30-23-44(59-26-30)14-19-52(20-15-44)40(56)25-51-16-11-28(12-17-51)32-7-5-29(21-38(32)61-62-3)53-18-13-39(55)48-43(53)58/h5-10,21-22,27-28,30,49H,4,11-20,23,25-26H2,1-3H3,(H,48,55,58). The lowest BCUT2D eigenvalue weighted by molar-refractivity contribution is -0.137. The average Bonchev–Trinajstić information content (AvgIpc) is 3.69. The molecule has 1 spiro atoms. The second kappa shape index (κ2) is 19.2. The van der Waals surface area contributed by atoms with Gasteiger partial charge in [0.1, 0.15) is 23.1 Å². The molecule has 19 heteroatoms. The molecule has 3 aromatic carbocycles. The molecule has 332 valence electrons. The van der Waals surface area contributed by atoms with Crippen LogP contribution in [0.4, 0.5) is 20.6 Å². The number of likely N-dealkylation sites (tertiary alicyclic amines) is 2. The first kappa shape index (κ1) is 44.2. The molecule has 0 bridgehead atoms. The molecular formula is C44H50FN9O7S2. The van der Waals surface area contributed by atoms with E-state index < -0.39 is 17.4 Å². The number of carbonyl (C=O) groups excluding carboxylic acids is 3. The van der Waals surface area contributed by atoms with Crippen molar-refractivity contribution < 1.29 is 32.4 Å². The number of halogens is 1. The molecule has 4 aliphatic rings. The number of urea groups is 1. The second-order valence-electron chi connectivity index (χ2n) is 16.3. The summed E-state index contributed by atoms with van der Waals surface area (Å²) in [6.45, 7) is 6.35. The van der Waals surface area contributed by atoms with Gasteiger partial charge in [0.05, 0.1) is 59.8 Å². The third-order valence-corrected chi connectivity index (χ3v) is 13.7. The summed E-state index contributed by atoms with van der Waals surface area (Å²) in [6.07, 6.45) is 7.25. The first-order chi connectivity index (χ1) is 30.5. The Labute approximate surface area is 373 Å². The molecule has 4 aromatic rings. The van der Waals surface area contributed by atoms with E-state index in [0.29, 0.717) is 80.1 Å². The molecule has 4 fully saturated rings. The van der Waals surface area contributed by atoms with Crippen molar-refractivity contribution in [2.75, 3.05) is 75.3 Å². The van der Waals surface area contributed by atoms with Gasteiger partial charge in [0.15, 0.2) is 11.6 Å². The molecule has 4 saturated heterocycles. The van der Waals surface area contributed by atoms with E-state index in [0.717, 1.165) is 38.0 Å². The van der Waals surface area contributed by atoms with Gasteiger partial charge < -0.3 is 23.3 Å². The number of aromatic nitrogens is 2. The quantitative estimate of drug-likeness (QED) is 0.111. The monoisotopic (exact) mass is 899 g/mol. The van der Waals surface area contributed by atoms with E-state index in [2.05, 4.69) is 19.9 Å². The van der Waals surface area contributed by atoms with Gasteiger partial charge in [-0.3, -0.25) is 34.1 Å². The van der Waals surface area contributed by atoms with Crippen LogP contribution in [-0.4, -0.2) is 113 Å². The SMILES string of the molecule is CCN(C)SNc1ccc(F)c(Oc2ccc3ncn(C4COC5(CCN(C(=O)CN6CCC(c7ccc(N8CCC(=O)NC8=O)cc7OSC)CC6)CC5)C4)c(=O)c3c2)c1C#N. The number of carbonyl (C=O) groups is 3. The van der Waals surface area contributed by atoms with Crippen molar-refractivity contribution in [1.29, 1.82) is 5.26 Å². The van der Waals surface area contributed by atoms with Crippen LogP contribution in [0.1, 0.15) is 68.5 Å². The zero-order valence-electron chi connectivity index (χ0n) is 35.4. The van der Waals surface area contributed by atoms with Gasteiger partial charge in [-0.05, 0) is 100 Å². The Hall–Kier alpha value is -5.39. The van der Waals surface area contributed by atoms with Crippen LogP contribution in [0.15, 0.2) is 59.7 Å². The molecule has 4 aliphatic heterocycles. The van der Waals surface area contributed by atoms with Gasteiger partial charge in [0, 0.05) is 62.7 Å². The summed E-state index contributed by atoms with van der Waals surface area (Å²) in [5.41, 5.74) is 1.86. The third kappa shape index (κ3) is 9.60. The maximum Gasteiger partial charge on any atom is 0.328 e. The number of piperidine rings is 2. The molecule has 63 heavy (non-hydrogen) atoms. The van der Waals surface area contributed by atoms with Crippen LogP contribution in [-0.2, 0) is 14.3 Å². The highest BCUT2D eigenvalue weighted by molar-refractivity contribution is 7.98. The van der Waals surface area contributed by atoms with Crippen LogP contribution < -0.4 is 29.4 Å². The zero-order valence-corrected chi connectivity index (χ0v) is 37.1. The summed E-state index contributed by atoms with van der Waals surface area (Å²) in [5, 5.41) is 12.6. The minimum absolute atomic E-state index is 0.000934. The van der Waals surface area contributed by atoms with E-state index in [1.54, 1.807) is 27.9 Å². The number of amides is 4. The number of imide groups is 1. The molecule has 8 rings (SSSR count). The van der Waals surface area contributed by atoms with E-state index in [4.69, 9.17) is 13.7 Å². The Kier molecular flexibility index (Phi) is 13.4. The number of benzene rings is 3. The lowest BCUT2D eigenvalue weighted by Crippen LogP contribution is -2.50. The Balaban J connectivity index is 0.854. The van der Waals surface area contributed by atoms with E-state index in [1.807, 2.05) is 53.7 Å². The smallest absolute Gasteiger partial charge is 0.328 e. The molecule has 1 aromatic heterocycles. The van der Waals surface area contributed by atoms with Crippen LogP contribution >= 0.6 is 24.2 Å². The van der Waals surface area contributed by atoms with Crippen LogP contribution in [0, 0.1) is 17.1 Å². The van der Waals surface area contributed by atoms with Crippen LogP contribution in [0.2, 0.25) is 0 Å². The van der Waals surface area contributed by atoms with Crippen molar-refractivity contribution in [3.05, 3.63) is 82.2 Å². The normalized spacial score (nSPS) is 19.4. The number of hydrogen-bond acceptors (Lipinski definition) is 14. The molecule has 0 aliphatic carbocycles. The summed E-state index contributed by atoms with van der Waals surface area (Å²) in [4.78, 5) is 61.9. The molecule has 5 heterocycles. The first-order valence-corrected chi connectivity index (χ1v) is 23.1. The fourth-order valence-corrected chi connectivity index (χ4v) is 9.68. The predicted molar refractivity (Wildman–Crippen MR) is 239 cm³/mol. The molecule has 0 saturated carbocycles. The Bertz CT molecular complexity index is 2490. The minimum Gasteiger partial charge on any atom is -0.453 e. The third-order valence-electron chi connectivity index (χ3n) is 12.5. The fourth-order valence-electron chi connectivity index (χ4n) is 8.81. The Morgan fingerprint density at radius 3 is 2.62 bits per heavy atom. The van der Waals surface area contributed by atoms with Crippen molar-refractivity contribution in [3.63, 3.8) is 0 Å². The number of rotatable bonds is 13. The van der Waals surface area contributed by atoms with Crippen LogP contribution in [0.3, 0.4) is 0 Å². The zero-order chi connectivity index (χ0) is 44.3. The highest BCUT2D eigenvalue weighted by atomic mass is 32.2. The van der Waals surface area contributed by atoms with Gasteiger partial charge in [-0.15, -0.1) is 0 Å². The van der Waals surface area contributed by atoms with Crippen molar-refractivity contribution in [1.82, 2.24) is 29.0 Å². The first-order valence-electron chi connectivity index (χ1n) is 21.1. The van der Waals surface area contributed by atoms with Gasteiger partial charge in [-0.25, -0.2) is 18.5 Å². The molecule has 0 radical (unpaired) electrons. The molecule has 1 unspecified atom stereocenters. The Morgan fingerprint density at radius 1 is 1.10 bits per heavy atom. The minimum atomic E-state index is -0.708. The largest absolute Gasteiger partial charge is 0.453 e. The van der Waals surface area contributed by atoms with Crippen molar-refractivity contribution in [2.24, 2.45) is 0 Å². The Morgan fingerprint density at radius 2 is 1.89 bits per heavy atom. The van der Waals surface area contributed by atoms with Crippen molar-refractivity contribution in [3.8, 4) is 23.3 Å². The molecule has 2 N–H and O–H groups in total. The topological polar surface area (TPSA) is 175 Å². The molecular weight excluding hydrogens is 850 g/mol. The predicted octanol–water partition coefficient (Wildman–Crippen LogP) is 6.43. The number of fused-ring (bicyclic) bond motifs is 1. The highest BCUT2D eigenvalue weighted by Crippen LogP contribution is 2.42. The highest BCUT2D eigenvalue weighted by Gasteiger charge is 2.44. The van der Waals surface area contributed by atoms with Crippen molar-refractivity contribution >= 4 is 64.3 Å². The van der Waals surface area contributed by atoms with E-state index in [-0.39, 0.29) is 52.8 Å². The number of ether oxygens (including phenoxy) is 2. The number of anilines is 2. The summed E-state index contributed by atoms with van der Waals surface area (Å²) in [6, 6.07) is 14.6. The number of nitriles is 1. The van der Waals surface area contributed by atoms with Gasteiger partial charge >= 0.3 is 6.03 Å². The summed E-state index contributed by atoms with van der Waals surface area (Å²) < 4.78 is 40.0. The van der Waals surface area contributed by atoms with Gasteiger partial charge in [0.25, 0.3) is 5.56 Å². The number of nitrogens with one attached hydrogen (secondary N) is 2. The summed E-state index contributed by atoms with van der Waals surface area (Å²) in [7, 11) is 1.88. The fraction of sp³-hybridized carbons (Fsp3) is 0.455. The summed E-state index contributed by atoms with van der Waals surface area (Å²) in [5.74, 6) is -0.0108. The maximum absolute atomic E-state index is 15.1. The summed E-state index contributed by atoms with van der Waals surface area (Å²) >= 11 is 2.51.